The van der Waals surface area contributed by atoms with E-state index in [1.807, 2.05) is 12.3 Å². The zero-order valence-corrected chi connectivity index (χ0v) is 16.0. The summed E-state index contributed by atoms with van der Waals surface area (Å²) in [7, 11) is -3.37. The van der Waals surface area contributed by atoms with Gasteiger partial charge in [0.05, 0.1) is 11.7 Å². The molecule has 144 valence electrons. The first-order valence-corrected chi connectivity index (χ1v) is 11.0. The summed E-state index contributed by atoms with van der Waals surface area (Å²) in [6.07, 6.45) is 7.05. The molecule has 2 aliphatic rings. The smallest absolute Gasteiger partial charge is 0.279 e. The van der Waals surface area contributed by atoms with Crippen LogP contribution in [0.4, 0.5) is 0 Å². The molecule has 0 radical (unpaired) electrons. The van der Waals surface area contributed by atoms with Crippen LogP contribution in [0.25, 0.3) is 16.8 Å². The summed E-state index contributed by atoms with van der Waals surface area (Å²) in [6.45, 7) is 3.40. The quantitative estimate of drug-likeness (QED) is 0.686. The van der Waals surface area contributed by atoms with Crippen LogP contribution in [0, 0.1) is 5.92 Å². The van der Waals surface area contributed by atoms with E-state index >= 15 is 0 Å². The third kappa shape index (κ3) is 2.74. The minimum absolute atomic E-state index is 0.0681. The zero-order valence-electron chi connectivity index (χ0n) is 15.2. The molecule has 1 saturated carbocycles. The molecule has 0 spiro atoms. The van der Waals surface area contributed by atoms with E-state index < -0.39 is 10.2 Å². The first-order chi connectivity index (χ1) is 13.1. The highest BCUT2D eigenvalue weighted by Crippen LogP contribution is 2.41. The molecule has 1 aliphatic heterocycles. The molecule has 2 fully saturated rings. The average molecular weight is 389 g/mol. The molecule has 2 N–H and O–H groups in total. The van der Waals surface area contributed by atoms with E-state index in [-0.39, 0.29) is 12.0 Å². The van der Waals surface area contributed by atoms with E-state index in [4.69, 9.17) is 0 Å². The number of hydrogen-bond acceptors (Lipinski definition) is 5. The second kappa shape index (κ2) is 6.25. The van der Waals surface area contributed by atoms with Crippen LogP contribution in [0.15, 0.2) is 18.5 Å². The minimum Gasteiger partial charge on any atom is -0.345 e. The lowest BCUT2D eigenvalue weighted by molar-refractivity contribution is 0.301. The molecule has 3 aromatic rings. The van der Waals surface area contributed by atoms with E-state index in [9.17, 15) is 8.42 Å². The summed E-state index contributed by atoms with van der Waals surface area (Å²) in [5, 5.41) is 8.77. The van der Waals surface area contributed by atoms with Crippen LogP contribution in [0.1, 0.15) is 44.3 Å². The summed E-state index contributed by atoms with van der Waals surface area (Å²) < 4.78 is 31.4. The summed E-state index contributed by atoms with van der Waals surface area (Å²) in [6, 6.07) is 1.91. The Morgan fingerprint density at radius 3 is 2.89 bits per heavy atom. The van der Waals surface area contributed by atoms with Crippen molar-refractivity contribution in [2.75, 3.05) is 13.1 Å². The van der Waals surface area contributed by atoms with Gasteiger partial charge in [-0.05, 0) is 31.2 Å². The van der Waals surface area contributed by atoms with E-state index in [1.54, 1.807) is 6.20 Å². The Morgan fingerprint density at radius 1 is 1.30 bits per heavy atom. The van der Waals surface area contributed by atoms with Gasteiger partial charge in [0.15, 0.2) is 11.3 Å². The Kier molecular flexibility index (Phi) is 3.95. The molecule has 0 bridgehead atoms. The molecular weight excluding hydrogens is 366 g/mol. The molecule has 1 aliphatic carbocycles. The molecule has 5 rings (SSSR count). The van der Waals surface area contributed by atoms with Gasteiger partial charge < -0.3 is 4.98 Å². The Morgan fingerprint density at radius 2 is 2.15 bits per heavy atom. The zero-order chi connectivity index (χ0) is 18.6. The van der Waals surface area contributed by atoms with E-state index in [1.165, 1.54) is 4.31 Å². The average Bonchev–Trinajstić information content (AvgIpc) is 3.28. The highest BCUT2D eigenvalue weighted by Gasteiger charge is 2.40. The van der Waals surface area contributed by atoms with Crippen LogP contribution in [0.5, 0.6) is 0 Å². The number of aromatic amines is 1. The van der Waals surface area contributed by atoms with Crippen LogP contribution in [0.2, 0.25) is 0 Å². The van der Waals surface area contributed by atoms with Gasteiger partial charge in [0.2, 0.25) is 0 Å². The van der Waals surface area contributed by atoms with Gasteiger partial charge >= 0.3 is 0 Å². The van der Waals surface area contributed by atoms with Gasteiger partial charge in [0.25, 0.3) is 10.2 Å². The van der Waals surface area contributed by atoms with Crippen molar-refractivity contribution >= 4 is 27.0 Å². The van der Waals surface area contributed by atoms with Crippen molar-refractivity contribution in [2.24, 2.45) is 5.92 Å². The molecule has 0 amide bonds. The largest absolute Gasteiger partial charge is 0.345 e. The molecule has 0 aromatic carbocycles. The lowest BCUT2D eigenvalue weighted by atomic mass is 9.93. The molecule has 4 heterocycles. The number of aromatic nitrogens is 5. The van der Waals surface area contributed by atoms with E-state index in [2.05, 4.69) is 36.2 Å². The Balaban J connectivity index is 1.47. The monoisotopic (exact) mass is 389 g/mol. The fourth-order valence-electron chi connectivity index (χ4n) is 4.44. The van der Waals surface area contributed by atoms with Crippen molar-refractivity contribution in [3.63, 3.8) is 0 Å². The maximum atomic E-state index is 12.5. The Labute approximate surface area is 157 Å². The SMILES string of the molecule is CC[C@@H]1C[C@H](NS(=O)(=O)N2CCC2)C[C@@H]1c1nnc2cnc3[nH]ccc3n12. The predicted octanol–water partition coefficient (Wildman–Crippen LogP) is 1.42. The van der Waals surface area contributed by atoms with Crippen molar-refractivity contribution in [3.05, 3.63) is 24.3 Å². The third-order valence-electron chi connectivity index (χ3n) is 5.99. The fourth-order valence-corrected chi connectivity index (χ4v) is 5.94. The van der Waals surface area contributed by atoms with Gasteiger partial charge in [-0.2, -0.15) is 17.4 Å². The van der Waals surface area contributed by atoms with Gasteiger partial charge in [-0.15, -0.1) is 10.2 Å². The van der Waals surface area contributed by atoms with Crippen LogP contribution in [-0.4, -0.2) is 56.4 Å². The molecular formula is C17H23N7O2S. The van der Waals surface area contributed by atoms with Crippen LogP contribution >= 0.6 is 0 Å². The highest BCUT2D eigenvalue weighted by molar-refractivity contribution is 7.87. The lowest BCUT2D eigenvalue weighted by Crippen LogP contribution is -2.50. The Hall–Kier alpha value is -2.04. The summed E-state index contributed by atoms with van der Waals surface area (Å²) in [5.41, 5.74) is 2.47. The number of fused-ring (bicyclic) bond motifs is 3. The van der Waals surface area contributed by atoms with E-state index in [0.29, 0.717) is 19.0 Å². The van der Waals surface area contributed by atoms with Crippen LogP contribution in [0.3, 0.4) is 0 Å². The maximum absolute atomic E-state index is 12.5. The summed E-state index contributed by atoms with van der Waals surface area (Å²) in [4.78, 5) is 7.50. The van der Waals surface area contributed by atoms with Gasteiger partial charge in [-0.3, -0.25) is 4.40 Å². The van der Waals surface area contributed by atoms with Gasteiger partial charge in [-0.25, -0.2) is 4.98 Å². The van der Waals surface area contributed by atoms with Gasteiger partial charge in [-0.1, -0.05) is 13.3 Å². The molecule has 9 nitrogen and oxygen atoms in total. The molecule has 27 heavy (non-hydrogen) atoms. The molecule has 3 aromatic heterocycles. The van der Waals surface area contributed by atoms with Gasteiger partial charge in [0, 0.05) is 31.2 Å². The highest BCUT2D eigenvalue weighted by atomic mass is 32.2. The molecule has 1 saturated heterocycles. The second-order valence-corrected chi connectivity index (χ2v) is 9.24. The number of nitrogens with one attached hydrogen (secondary N) is 2. The number of hydrogen-bond donors (Lipinski definition) is 2. The number of H-pyrrole nitrogens is 1. The lowest BCUT2D eigenvalue weighted by Gasteiger charge is -2.31. The summed E-state index contributed by atoms with van der Waals surface area (Å²) >= 11 is 0. The standard InChI is InChI=1S/C17H23N7O2S/c1-2-11-8-12(22-27(25,26)23-6-3-7-23)9-13(11)17-21-20-15-10-19-16-14(24(15)17)4-5-18-16/h4-5,10-13,18,22H,2-3,6-9H2,1H3/t11-,12+,13+/m1/s1. The first kappa shape index (κ1) is 17.1. The van der Waals surface area contributed by atoms with E-state index in [0.717, 1.165) is 48.3 Å². The van der Waals surface area contributed by atoms with Crippen molar-refractivity contribution in [2.45, 2.75) is 44.6 Å². The predicted molar refractivity (Wildman–Crippen MR) is 100 cm³/mol. The minimum atomic E-state index is -3.37. The van der Waals surface area contributed by atoms with Crippen molar-refractivity contribution in [3.8, 4) is 0 Å². The summed E-state index contributed by atoms with van der Waals surface area (Å²) in [5.74, 6) is 1.42. The Bertz CT molecular complexity index is 1090. The number of nitrogens with zero attached hydrogens (tertiary/aromatic N) is 5. The fraction of sp³-hybridized carbons (Fsp3) is 0.588. The maximum Gasteiger partial charge on any atom is 0.279 e. The molecule has 3 atom stereocenters. The van der Waals surface area contributed by atoms with Crippen LogP contribution < -0.4 is 4.72 Å². The molecule has 0 unspecified atom stereocenters. The van der Waals surface area contributed by atoms with Crippen LogP contribution in [-0.2, 0) is 10.2 Å². The normalized spacial score (nSPS) is 26.8. The van der Waals surface area contributed by atoms with Crippen molar-refractivity contribution < 1.29 is 8.42 Å². The van der Waals surface area contributed by atoms with Crippen molar-refractivity contribution in [1.82, 2.24) is 33.6 Å². The topological polar surface area (TPSA) is 108 Å². The number of rotatable bonds is 5. The van der Waals surface area contributed by atoms with Crippen molar-refractivity contribution in [1.29, 1.82) is 0 Å². The second-order valence-electron chi connectivity index (χ2n) is 7.54. The molecule has 10 heteroatoms. The van der Waals surface area contributed by atoms with Gasteiger partial charge in [0.1, 0.15) is 5.82 Å². The third-order valence-corrected chi connectivity index (χ3v) is 7.66. The first-order valence-electron chi connectivity index (χ1n) is 9.51.